The fourth-order valence-corrected chi connectivity index (χ4v) is 1.95. The minimum absolute atomic E-state index is 0.800. The zero-order valence-corrected chi connectivity index (χ0v) is 6.13. The first-order valence-electron chi connectivity index (χ1n) is 3.24. The van der Waals surface area contributed by atoms with Crippen molar-refractivity contribution in [2.45, 2.75) is 19.4 Å². The van der Waals surface area contributed by atoms with Crippen LogP contribution >= 0.6 is 11.8 Å². The van der Waals surface area contributed by atoms with Crippen LogP contribution in [0.2, 0.25) is 0 Å². The molecule has 1 saturated heterocycles. The SMILES string of the molecule is CCC1CSCCN1. The second kappa shape index (κ2) is 3.36. The minimum Gasteiger partial charge on any atom is -0.312 e. The third kappa shape index (κ3) is 1.67. The van der Waals surface area contributed by atoms with E-state index in [4.69, 9.17) is 0 Å². The Labute approximate surface area is 55.2 Å². The summed E-state index contributed by atoms with van der Waals surface area (Å²) in [6, 6.07) is 0.800. The Hall–Kier alpha value is 0.310. The fourth-order valence-electron chi connectivity index (χ4n) is 0.882. The third-order valence-electron chi connectivity index (χ3n) is 1.49. The highest BCUT2D eigenvalue weighted by atomic mass is 32.2. The molecule has 0 aromatic rings. The molecule has 0 aromatic heterocycles. The van der Waals surface area contributed by atoms with Gasteiger partial charge in [0.2, 0.25) is 0 Å². The van der Waals surface area contributed by atoms with Gasteiger partial charge in [-0.05, 0) is 6.42 Å². The number of thioether (sulfide) groups is 1. The van der Waals surface area contributed by atoms with Gasteiger partial charge in [0.25, 0.3) is 0 Å². The zero-order valence-electron chi connectivity index (χ0n) is 5.31. The van der Waals surface area contributed by atoms with Gasteiger partial charge in [-0.3, -0.25) is 0 Å². The lowest BCUT2D eigenvalue weighted by molar-refractivity contribution is 0.551. The van der Waals surface area contributed by atoms with Crippen LogP contribution in [0.15, 0.2) is 0 Å². The van der Waals surface area contributed by atoms with Crippen molar-refractivity contribution >= 4 is 11.8 Å². The quantitative estimate of drug-likeness (QED) is 0.572. The minimum atomic E-state index is 0.800. The van der Waals surface area contributed by atoms with Crippen LogP contribution in [0.25, 0.3) is 0 Å². The molecular formula is C6H13NS. The summed E-state index contributed by atoms with van der Waals surface area (Å²) >= 11 is 2.07. The average molecular weight is 131 g/mol. The Kier molecular flexibility index (Phi) is 2.70. The molecule has 0 saturated carbocycles. The Balaban J connectivity index is 2.13. The molecule has 1 N–H and O–H groups in total. The number of hydrogen-bond acceptors (Lipinski definition) is 2. The van der Waals surface area contributed by atoms with E-state index in [1.807, 2.05) is 0 Å². The van der Waals surface area contributed by atoms with Crippen LogP contribution in [0.3, 0.4) is 0 Å². The maximum absolute atomic E-state index is 3.45. The molecule has 1 nitrogen and oxygen atoms in total. The molecule has 0 amide bonds. The summed E-state index contributed by atoms with van der Waals surface area (Å²) in [5.74, 6) is 2.62. The van der Waals surface area contributed by atoms with E-state index in [0.717, 1.165) is 6.04 Å². The van der Waals surface area contributed by atoms with Gasteiger partial charge in [-0.25, -0.2) is 0 Å². The first kappa shape index (κ1) is 6.43. The molecule has 2 heteroatoms. The largest absolute Gasteiger partial charge is 0.312 e. The summed E-state index contributed by atoms with van der Waals surface area (Å²) in [4.78, 5) is 0. The van der Waals surface area contributed by atoms with Crippen LogP contribution in [-0.2, 0) is 0 Å². The lowest BCUT2D eigenvalue weighted by Gasteiger charge is -2.20. The summed E-state index contributed by atoms with van der Waals surface area (Å²) < 4.78 is 0. The van der Waals surface area contributed by atoms with E-state index < -0.39 is 0 Å². The molecule has 0 bridgehead atoms. The topological polar surface area (TPSA) is 12.0 Å². The lowest BCUT2D eigenvalue weighted by atomic mass is 10.2. The lowest BCUT2D eigenvalue weighted by Crippen LogP contribution is -2.36. The zero-order chi connectivity index (χ0) is 5.82. The van der Waals surface area contributed by atoms with E-state index >= 15 is 0 Å². The second-order valence-electron chi connectivity index (χ2n) is 2.13. The normalized spacial score (nSPS) is 30.4. The number of nitrogens with one attached hydrogen (secondary N) is 1. The maximum Gasteiger partial charge on any atom is 0.0155 e. The van der Waals surface area contributed by atoms with Gasteiger partial charge in [-0.15, -0.1) is 0 Å². The Morgan fingerprint density at radius 3 is 3.00 bits per heavy atom. The molecule has 1 heterocycles. The predicted octanol–water partition coefficient (Wildman–Crippen LogP) is 1.10. The number of rotatable bonds is 1. The van der Waals surface area contributed by atoms with Gasteiger partial charge in [-0.1, -0.05) is 6.92 Å². The first-order chi connectivity index (χ1) is 3.93. The van der Waals surface area contributed by atoms with Gasteiger partial charge >= 0.3 is 0 Å². The van der Waals surface area contributed by atoms with Crippen molar-refractivity contribution in [2.24, 2.45) is 0 Å². The van der Waals surface area contributed by atoms with Crippen molar-refractivity contribution in [1.82, 2.24) is 5.32 Å². The molecule has 8 heavy (non-hydrogen) atoms. The molecule has 1 unspecified atom stereocenters. The summed E-state index contributed by atoms with van der Waals surface area (Å²) in [6.07, 6.45) is 1.28. The highest BCUT2D eigenvalue weighted by Gasteiger charge is 2.08. The molecule has 48 valence electrons. The smallest absolute Gasteiger partial charge is 0.0155 e. The predicted molar refractivity (Wildman–Crippen MR) is 39.4 cm³/mol. The standard InChI is InChI=1S/C6H13NS/c1-2-6-5-8-4-3-7-6/h6-7H,2-5H2,1H3. The monoisotopic (exact) mass is 131 g/mol. The fraction of sp³-hybridized carbons (Fsp3) is 1.00. The number of hydrogen-bond donors (Lipinski definition) is 1. The van der Waals surface area contributed by atoms with Crippen LogP contribution in [0, 0.1) is 0 Å². The van der Waals surface area contributed by atoms with Crippen molar-refractivity contribution in [2.75, 3.05) is 18.1 Å². The van der Waals surface area contributed by atoms with E-state index in [2.05, 4.69) is 24.0 Å². The second-order valence-corrected chi connectivity index (χ2v) is 3.28. The summed E-state index contributed by atoms with van der Waals surface area (Å²) in [5, 5.41) is 3.45. The van der Waals surface area contributed by atoms with Crippen molar-refractivity contribution < 1.29 is 0 Å². The van der Waals surface area contributed by atoms with Gasteiger partial charge < -0.3 is 5.32 Å². The molecule has 0 aliphatic carbocycles. The summed E-state index contributed by atoms with van der Waals surface area (Å²) in [5.41, 5.74) is 0. The Bertz CT molecular complexity index is 59.5. The van der Waals surface area contributed by atoms with Crippen LogP contribution in [0.5, 0.6) is 0 Å². The molecule has 1 rings (SSSR count). The van der Waals surface area contributed by atoms with E-state index in [-0.39, 0.29) is 0 Å². The van der Waals surface area contributed by atoms with Crippen LogP contribution in [-0.4, -0.2) is 24.1 Å². The molecule has 1 aliphatic rings. The van der Waals surface area contributed by atoms with Crippen LogP contribution in [0.4, 0.5) is 0 Å². The van der Waals surface area contributed by atoms with Gasteiger partial charge in [0, 0.05) is 24.1 Å². The van der Waals surface area contributed by atoms with Gasteiger partial charge in [0.15, 0.2) is 0 Å². The van der Waals surface area contributed by atoms with Crippen molar-refractivity contribution in [3.8, 4) is 0 Å². The third-order valence-corrected chi connectivity index (χ3v) is 2.62. The highest BCUT2D eigenvalue weighted by Crippen LogP contribution is 2.08. The highest BCUT2D eigenvalue weighted by molar-refractivity contribution is 7.99. The van der Waals surface area contributed by atoms with E-state index in [0.29, 0.717) is 0 Å². The van der Waals surface area contributed by atoms with Gasteiger partial charge in [-0.2, -0.15) is 11.8 Å². The Morgan fingerprint density at radius 1 is 1.75 bits per heavy atom. The van der Waals surface area contributed by atoms with Crippen molar-refractivity contribution in [1.29, 1.82) is 0 Å². The summed E-state index contributed by atoms with van der Waals surface area (Å²) in [6.45, 7) is 3.45. The molecule has 0 radical (unpaired) electrons. The van der Waals surface area contributed by atoms with Gasteiger partial charge in [0.1, 0.15) is 0 Å². The first-order valence-corrected chi connectivity index (χ1v) is 4.40. The molecule has 0 aromatic carbocycles. The molecule has 1 atom stereocenters. The maximum atomic E-state index is 3.45. The molecule has 1 aliphatic heterocycles. The van der Waals surface area contributed by atoms with Crippen molar-refractivity contribution in [3.05, 3.63) is 0 Å². The summed E-state index contributed by atoms with van der Waals surface area (Å²) in [7, 11) is 0. The van der Waals surface area contributed by atoms with Crippen molar-refractivity contribution in [3.63, 3.8) is 0 Å². The average Bonchev–Trinajstić information content (AvgIpc) is 1.90. The van der Waals surface area contributed by atoms with Gasteiger partial charge in [0.05, 0.1) is 0 Å². The van der Waals surface area contributed by atoms with E-state index in [1.54, 1.807) is 0 Å². The van der Waals surface area contributed by atoms with Crippen LogP contribution < -0.4 is 5.32 Å². The molecule has 1 fully saturated rings. The Morgan fingerprint density at radius 2 is 2.62 bits per heavy atom. The van der Waals surface area contributed by atoms with E-state index in [9.17, 15) is 0 Å². The van der Waals surface area contributed by atoms with Crippen LogP contribution in [0.1, 0.15) is 13.3 Å². The molecular weight excluding hydrogens is 118 g/mol. The van der Waals surface area contributed by atoms with E-state index in [1.165, 1.54) is 24.5 Å². The molecule has 0 spiro atoms.